The van der Waals surface area contributed by atoms with Crippen molar-refractivity contribution >= 4 is 48.9 Å². The number of amidine groups is 1. The molecule has 1 fully saturated rings. The summed E-state index contributed by atoms with van der Waals surface area (Å²) in [6.07, 6.45) is 1.55. The lowest BCUT2D eigenvalue weighted by molar-refractivity contribution is 0.102. The second-order valence-electron chi connectivity index (χ2n) is 6.64. The number of benzene rings is 2. The van der Waals surface area contributed by atoms with Crippen LogP contribution >= 0.6 is 11.3 Å². The predicted molar refractivity (Wildman–Crippen MR) is 113 cm³/mol. The van der Waals surface area contributed by atoms with E-state index in [1.54, 1.807) is 12.1 Å². The van der Waals surface area contributed by atoms with Gasteiger partial charge in [0.25, 0.3) is 15.9 Å². The number of amides is 1. The molecule has 1 saturated heterocycles. The van der Waals surface area contributed by atoms with Crippen molar-refractivity contribution in [3.05, 3.63) is 59.5 Å². The van der Waals surface area contributed by atoms with Crippen molar-refractivity contribution in [3.8, 4) is 0 Å². The van der Waals surface area contributed by atoms with Crippen LogP contribution in [-0.2, 0) is 10.0 Å². The highest BCUT2D eigenvalue weighted by Gasteiger charge is 2.21. The number of likely N-dealkylation sites (tertiary alicyclic amines) is 1. The van der Waals surface area contributed by atoms with Gasteiger partial charge in [0.2, 0.25) is 0 Å². The van der Waals surface area contributed by atoms with E-state index in [0.29, 0.717) is 23.5 Å². The van der Waals surface area contributed by atoms with Crippen molar-refractivity contribution in [1.82, 2.24) is 4.90 Å². The molecule has 1 N–H and O–H groups in total. The van der Waals surface area contributed by atoms with Gasteiger partial charge in [0.15, 0.2) is 0 Å². The Bertz CT molecular complexity index is 1180. The smallest absolute Gasteiger partial charge is 0.284 e. The largest absolute Gasteiger partial charge is 0.362 e. The van der Waals surface area contributed by atoms with Crippen LogP contribution in [0.1, 0.15) is 23.2 Å². The number of nitrogens with zero attached hydrogens (tertiary/aromatic N) is 2. The maximum absolute atomic E-state index is 12.7. The molecular formula is C20H19N3O3S2. The fraction of sp³-hybridized carbons (Fsp3) is 0.200. The van der Waals surface area contributed by atoms with Crippen molar-refractivity contribution in [2.75, 3.05) is 18.9 Å². The molecule has 8 heteroatoms. The molecule has 6 nitrogen and oxygen atoms in total. The first-order valence-electron chi connectivity index (χ1n) is 8.87. The fourth-order valence-electron chi connectivity index (χ4n) is 3.19. The summed E-state index contributed by atoms with van der Waals surface area (Å²) in [6.45, 7) is 0.805. The molecule has 2 heterocycles. The van der Waals surface area contributed by atoms with E-state index in [9.17, 15) is 13.2 Å². The highest BCUT2D eigenvalue weighted by Crippen LogP contribution is 2.27. The second-order valence-corrected chi connectivity index (χ2v) is 9.15. The first kappa shape index (κ1) is 18.6. The van der Waals surface area contributed by atoms with Gasteiger partial charge in [-0.3, -0.25) is 4.79 Å². The van der Waals surface area contributed by atoms with Gasteiger partial charge >= 0.3 is 0 Å². The zero-order valence-electron chi connectivity index (χ0n) is 15.3. The van der Waals surface area contributed by atoms with Crippen molar-refractivity contribution in [3.63, 3.8) is 0 Å². The summed E-state index contributed by atoms with van der Waals surface area (Å²) < 4.78 is 30.3. The summed E-state index contributed by atoms with van der Waals surface area (Å²) in [5.74, 6) is 0.299. The number of thiophene rings is 1. The van der Waals surface area contributed by atoms with Crippen LogP contribution in [0.15, 0.2) is 63.2 Å². The van der Waals surface area contributed by atoms with Crippen LogP contribution in [0, 0.1) is 0 Å². The molecule has 2 aromatic carbocycles. The molecule has 1 amide bonds. The Kier molecular flexibility index (Phi) is 4.91. The zero-order chi connectivity index (χ0) is 19.7. The Balaban J connectivity index is 1.59. The van der Waals surface area contributed by atoms with Gasteiger partial charge in [0, 0.05) is 41.2 Å². The quantitative estimate of drug-likeness (QED) is 0.702. The summed E-state index contributed by atoms with van der Waals surface area (Å²) in [5, 5.41) is 5.48. The topological polar surface area (TPSA) is 78.8 Å². The second kappa shape index (κ2) is 7.37. The third kappa shape index (κ3) is 3.65. The molecule has 0 radical (unpaired) electrons. The van der Waals surface area contributed by atoms with E-state index >= 15 is 0 Å². The lowest BCUT2D eigenvalue weighted by Gasteiger charge is -2.11. The maximum Gasteiger partial charge on any atom is 0.284 e. The van der Waals surface area contributed by atoms with Gasteiger partial charge in [0.1, 0.15) is 5.84 Å². The number of hydrogen-bond acceptors (Lipinski definition) is 4. The standard InChI is InChI=1S/C20H19N3O3S2/c1-23-11-5-10-19(23)22-28(25,26)15-7-4-6-14(12-15)21-20(24)17-13-27-18-9-3-2-8-16(17)18/h2-4,6-9,12-13H,5,10-11H2,1H3,(H,21,24)/b22-19+. The Morgan fingerprint density at radius 2 is 2.00 bits per heavy atom. The van der Waals surface area contributed by atoms with Crippen LogP contribution in [0.3, 0.4) is 0 Å². The lowest BCUT2D eigenvalue weighted by atomic mass is 10.1. The van der Waals surface area contributed by atoms with E-state index in [1.165, 1.54) is 23.5 Å². The van der Waals surface area contributed by atoms with Crippen LogP contribution in [0.25, 0.3) is 10.1 Å². The molecule has 0 saturated carbocycles. The minimum atomic E-state index is -3.83. The first-order valence-corrected chi connectivity index (χ1v) is 11.2. The molecule has 1 aliphatic rings. The molecule has 1 aliphatic heterocycles. The molecule has 0 bridgehead atoms. The Hall–Kier alpha value is -2.71. The molecule has 0 unspecified atom stereocenters. The van der Waals surface area contributed by atoms with Crippen molar-refractivity contribution in [2.45, 2.75) is 17.7 Å². The van der Waals surface area contributed by atoms with Crippen molar-refractivity contribution < 1.29 is 13.2 Å². The molecule has 144 valence electrons. The molecule has 28 heavy (non-hydrogen) atoms. The van der Waals surface area contributed by atoms with Gasteiger partial charge in [-0.15, -0.1) is 15.7 Å². The highest BCUT2D eigenvalue weighted by molar-refractivity contribution is 7.90. The summed E-state index contributed by atoms with van der Waals surface area (Å²) in [5.41, 5.74) is 0.989. The number of hydrogen-bond donors (Lipinski definition) is 1. The predicted octanol–water partition coefficient (Wildman–Crippen LogP) is 3.97. The first-order chi connectivity index (χ1) is 13.4. The lowest BCUT2D eigenvalue weighted by Crippen LogP contribution is -2.20. The van der Waals surface area contributed by atoms with Crippen molar-refractivity contribution in [2.24, 2.45) is 4.40 Å². The average Bonchev–Trinajstić information content (AvgIpc) is 3.28. The number of carbonyl (C=O) groups excluding carboxylic acids is 1. The zero-order valence-corrected chi connectivity index (χ0v) is 16.9. The molecule has 0 atom stereocenters. The van der Waals surface area contributed by atoms with Crippen LogP contribution < -0.4 is 5.32 Å². The van der Waals surface area contributed by atoms with Crippen LogP contribution in [0.4, 0.5) is 5.69 Å². The molecule has 0 spiro atoms. The summed E-state index contributed by atoms with van der Waals surface area (Å²) in [6, 6.07) is 13.9. The monoisotopic (exact) mass is 413 g/mol. The van der Waals surface area contributed by atoms with Gasteiger partial charge in [-0.1, -0.05) is 24.3 Å². The van der Waals surface area contributed by atoms with Gasteiger partial charge in [-0.05, 0) is 30.7 Å². The van der Waals surface area contributed by atoms with E-state index in [2.05, 4.69) is 9.71 Å². The molecule has 4 rings (SSSR count). The average molecular weight is 414 g/mol. The Morgan fingerprint density at radius 1 is 1.18 bits per heavy atom. The SMILES string of the molecule is CN1CCC/C1=N\S(=O)(=O)c1cccc(NC(=O)c2csc3ccccc23)c1. The van der Waals surface area contributed by atoms with Gasteiger partial charge in [-0.2, -0.15) is 8.42 Å². The number of sulfonamides is 1. The third-order valence-electron chi connectivity index (χ3n) is 4.68. The minimum Gasteiger partial charge on any atom is -0.362 e. The number of carbonyl (C=O) groups is 1. The molecule has 1 aromatic heterocycles. The van der Waals surface area contributed by atoms with E-state index < -0.39 is 10.0 Å². The maximum atomic E-state index is 12.7. The fourth-order valence-corrected chi connectivity index (χ4v) is 5.27. The minimum absolute atomic E-state index is 0.0632. The van der Waals surface area contributed by atoms with Crippen molar-refractivity contribution in [1.29, 1.82) is 0 Å². The van der Waals surface area contributed by atoms with Crippen LogP contribution in [0.2, 0.25) is 0 Å². The van der Waals surface area contributed by atoms with E-state index in [1.807, 2.05) is 41.6 Å². The summed E-state index contributed by atoms with van der Waals surface area (Å²) >= 11 is 1.50. The van der Waals surface area contributed by atoms with Gasteiger partial charge in [-0.25, -0.2) is 0 Å². The number of nitrogens with one attached hydrogen (secondary N) is 1. The van der Waals surface area contributed by atoms with E-state index in [4.69, 9.17) is 0 Å². The Labute approximate surface area is 167 Å². The van der Waals surface area contributed by atoms with Crippen LogP contribution in [0.5, 0.6) is 0 Å². The number of rotatable bonds is 4. The van der Waals surface area contributed by atoms with Gasteiger partial charge < -0.3 is 10.2 Å². The van der Waals surface area contributed by atoms with Gasteiger partial charge in [0.05, 0.1) is 10.5 Å². The van der Waals surface area contributed by atoms with Crippen LogP contribution in [-0.4, -0.2) is 38.7 Å². The van der Waals surface area contributed by atoms with E-state index in [-0.39, 0.29) is 10.8 Å². The number of anilines is 1. The normalized spacial score (nSPS) is 16.0. The Morgan fingerprint density at radius 3 is 2.79 bits per heavy atom. The molecule has 0 aliphatic carbocycles. The highest BCUT2D eigenvalue weighted by atomic mass is 32.2. The third-order valence-corrected chi connectivity index (χ3v) is 6.94. The summed E-state index contributed by atoms with van der Waals surface area (Å²) in [7, 11) is -1.99. The van der Waals surface area contributed by atoms with E-state index in [0.717, 1.165) is 23.1 Å². The molecular weight excluding hydrogens is 394 g/mol. The number of fused-ring (bicyclic) bond motifs is 1. The summed E-state index contributed by atoms with van der Waals surface area (Å²) in [4.78, 5) is 14.6. The molecule has 3 aromatic rings.